The van der Waals surface area contributed by atoms with Crippen LogP contribution in [0.3, 0.4) is 0 Å². The maximum Gasteiger partial charge on any atom is 0.136 e. The van der Waals surface area contributed by atoms with Gasteiger partial charge in [-0.25, -0.2) is 9.97 Å². The molecule has 0 aromatic carbocycles. The predicted octanol–water partition coefficient (Wildman–Crippen LogP) is 4.03. The summed E-state index contributed by atoms with van der Waals surface area (Å²) in [5.41, 5.74) is 1.06. The molecule has 0 amide bonds. The zero-order valence-electron chi connectivity index (χ0n) is 11.5. The number of hydrogen-bond acceptors (Lipinski definition) is 5. The van der Waals surface area contributed by atoms with Gasteiger partial charge in [-0.3, -0.25) is 0 Å². The van der Waals surface area contributed by atoms with E-state index < -0.39 is 0 Å². The van der Waals surface area contributed by atoms with Gasteiger partial charge in [-0.2, -0.15) is 0 Å². The number of thiophene rings is 1. The van der Waals surface area contributed by atoms with E-state index >= 15 is 0 Å². The molecule has 0 bridgehead atoms. The Morgan fingerprint density at radius 1 is 1.30 bits per heavy atom. The van der Waals surface area contributed by atoms with E-state index in [9.17, 15) is 0 Å². The summed E-state index contributed by atoms with van der Waals surface area (Å²) in [6.07, 6.45) is 2.40. The van der Waals surface area contributed by atoms with Crippen molar-refractivity contribution in [2.24, 2.45) is 0 Å². The van der Waals surface area contributed by atoms with Crippen LogP contribution in [0, 0.1) is 6.92 Å². The molecule has 2 N–H and O–H groups in total. The average molecular weight is 309 g/mol. The molecule has 1 fully saturated rings. The fourth-order valence-electron chi connectivity index (χ4n) is 2.09. The summed E-state index contributed by atoms with van der Waals surface area (Å²) in [6.45, 7) is 2.77. The van der Waals surface area contributed by atoms with Crippen molar-refractivity contribution in [2.75, 3.05) is 17.7 Å². The second kappa shape index (κ2) is 5.58. The maximum absolute atomic E-state index is 5.95. The van der Waals surface area contributed by atoms with Crippen molar-refractivity contribution in [3.8, 4) is 0 Å². The summed E-state index contributed by atoms with van der Waals surface area (Å²) in [6, 6.07) is 3.96. The SMILES string of the molecule is CNc1nc(C2CC2)nc(NCc2ccc(Cl)s2)c1C. The van der Waals surface area contributed by atoms with E-state index in [1.54, 1.807) is 11.3 Å². The Morgan fingerprint density at radius 2 is 2.05 bits per heavy atom. The molecule has 2 heterocycles. The second-order valence-electron chi connectivity index (χ2n) is 4.99. The van der Waals surface area contributed by atoms with Gasteiger partial charge in [0.2, 0.25) is 0 Å². The van der Waals surface area contributed by atoms with E-state index in [1.165, 1.54) is 17.7 Å². The molecular formula is C14H17ClN4S. The quantitative estimate of drug-likeness (QED) is 0.875. The number of rotatable bonds is 5. The number of aromatic nitrogens is 2. The third-order valence-corrected chi connectivity index (χ3v) is 4.63. The van der Waals surface area contributed by atoms with Crippen molar-refractivity contribution in [2.45, 2.75) is 32.2 Å². The van der Waals surface area contributed by atoms with Crippen molar-refractivity contribution < 1.29 is 0 Å². The lowest BCUT2D eigenvalue weighted by Crippen LogP contribution is -2.09. The molecule has 0 aliphatic heterocycles. The summed E-state index contributed by atoms with van der Waals surface area (Å²) < 4.78 is 0.816. The predicted molar refractivity (Wildman–Crippen MR) is 84.9 cm³/mol. The van der Waals surface area contributed by atoms with Crippen LogP contribution in [-0.4, -0.2) is 17.0 Å². The number of halogens is 1. The zero-order chi connectivity index (χ0) is 14.1. The van der Waals surface area contributed by atoms with Crippen LogP contribution in [0.15, 0.2) is 12.1 Å². The number of nitrogens with zero attached hydrogens (tertiary/aromatic N) is 2. The third kappa shape index (κ3) is 2.88. The molecule has 3 rings (SSSR count). The molecule has 0 unspecified atom stereocenters. The van der Waals surface area contributed by atoms with Crippen molar-refractivity contribution >= 4 is 34.6 Å². The molecule has 4 nitrogen and oxygen atoms in total. The second-order valence-corrected chi connectivity index (χ2v) is 6.79. The Balaban J connectivity index is 1.81. The lowest BCUT2D eigenvalue weighted by molar-refractivity contribution is 0.915. The average Bonchev–Trinajstić information content (AvgIpc) is 3.21. The van der Waals surface area contributed by atoms with Crippen molar-refractivity contribution in [1.29, 1.82) is 0 Å². The maximum atomic E-state index is 5.95. The van der Waals surface area contributed by atoms with Gasteiger partial charge in [0.1, 0.15) is 17.5 Å². The summed E-state index contributed by atoms with van der Waals surface area (Å²) in [4.78, 5) is 10.5. The fraction of sp³-hybridized carbons (Fsp3) is 0.429. The normalized spacial score (nSPS) is 14.3. The summed E-state index contributed by atoms with van der Waals surface area (Å²) in [5, 5.41) is 6.55. The Labute approximate surface area is 127 Å². The van der Waals surface area contributed by atoms with Crippen LogP contribution >= 0.6 is 22.9 Å². The van der Waals surface area contributed by atoms with E-state index in [1.807, 2.05) is 26.1 Å². The molecule has 0 saturated heterocycles. The lowest BCUT2D eigenvalue weighted by atomic mass is 10.2. The summed E-state index contributed by atoms with van der Waals surface area (Å²) >= 11 is 7.54. The first kappa shape index (κ1) is 13.6. The molecule has 1 aliphatic rings. The number of nitrogens with one attached hydrogen (secondary N) is 2. The van der Waals surface area contributed by atoms with Gasteiger partial charge in [0, 0.05) is 23.4 Å². The van der Waals surface area contributed by atoms with Crippen LogP contribution in [0.1, 0.15) is 35.0 Å². The lowest BCUT2D eigenvalue weighted by Gasteiger charge is -2.13. The highest BCUT2D eigenvalue weighted by Crippen LogP contribution is 2.39. The third-order valence-electron chi connectivity index (χ3n) is 3.40. The molecular weight excluding hydrogens is 292 g/mol. The highest BCUT2D eigenvalue weighted by molar-refractivity contribution is 7.16. The number of anilines is 2. The van der Waals surface area contributed by atoms with Gasteiger partial charge in [-0.1, -0.05) is 11.6 Å². The van der Waals surface area contributed by atoms with E-state index in [0.29, 0.717) is 5.92 Å². The Hall–Kier alpha value is -1.33. The zero-order valence-corrected chi connectivity index (χ0v) is 13.1. The minimum Gasteiger partial charge on any atom is -0.373 e. The Bertz CT molecular complexity index is 622. The summed E-state index contributed by atoms with van der Waals surface area (Å²) in [5.74, 6) is 3.32. The van der Waals surface area contributed by atoms with Gasteiger partial charge in [0.15, 0.2) is 0 Å². The molecule has 2 aromatic rings. The molecule has 2 aromatic heterocycles. The molecule has 1 aliphatic carbocycles. The first-order valence-corrected chi connectivity index (χ1v) is 7.91. The van der Waals surface area contributed by atoms with Crippen LogP contribution in [0.25, 0.3) is 0 Å². The fourth-order valence-corrected chi connectivity index (χ4v) is 3.12. The molecule has 1 saturated carbocycles. The van der Waals surface area contributed by atoms with Gasteiger partial charge < -0.3 is 10.6 Å². The molecule has 106 valence electrons. The highest BCUT2D eigenvalue weighted by Gasteiger charge is 2.28. The van der Waals surface area contributed by atoms with E-state index in [0.717, 1.165) is 33.9 Å². The molecule has 20 heavy (non-hydrogen) atoms. The molecule has 6 heteroatoms. The van der Waals surface area contributed by atoms with Crippen LogP contribution in [-0.2, 0) is 6.54 Å². The van der Waals surface area contributed by atoms with Gasteiger partial charge in [0.05, 0.1) is 10.9 Å². The van der Waals surface area contributed by atoms with Gasteiger partial charge in [-0.05, 0) is 31.9 Å². The Morgan fingerprint density at radius 3 is 2.65 bits per heavy atom. The smallest absolute Gasteiger partial charge is 0.136 e. The van der Waals surface area contributed by atoms with Crippen molar-refractivity contribution in [1.82, 2.24) is 9.97 Å². The van der Waals surface area contributed by atoms with Crippen LogP contribution < -0.4 is 10.6 Å². The number of hydrogen-bond donors (Lipinski definition) is 2. The van der Waals surface area contributed by atoms with Gasteiger partial charge >= 0.3 is 0 Å². The monoisotopic (exact) mass is 308 g/mol. The van der Waals surface area contributed by atoms with Crippen molar-refractivity contribution in [3.63, 3.8) is 0 Å². The minimum atomic E-state index is 0.541. The molecule has 0 spiro atoms. The van der Waals surface area contributed by atoms with E-state index in [4.69, 9.17) is 11.6 Å². The van der Waals surface area contributed by atoms with Crippen LogP contribution in [0.5, 0.6) is 0 Å². The Kier molecular flexibility index (Phi) is 3.81. The van der Waals surface area contributed by atoms with Crippen LogP contribution in [0.4, 0.5) is 11.6 Å². The molecule has 0 atom stereocenters. The first-order valence-electron chi connectivity index (χ1n) is 6.71. The van der Waals surface area contributed by atoms with E-state index in [2.05, 4.69) is 20.6 Å². The first-order chi connectivity index (χ1) is 9.67. The van der Waals surface area contributed by atoms with Gasteiger partial charge in [-0.15, -0.1) is 11.3 Å². The van der Waals surface area contributed by atoms with Gasteiger partial charge in [0.25, 0.3) is 0 Å². The van der Waals surface area contributed by atoms with Crippen molar-refractivity contribution in [3.05, 3.63) is 32.7 Å². The minimum absolute atomic E-state index is 0.541. The highest BCUT2D eigenvalue weighted by atomic mass is 35.5. The van der Waals surface area contributed by atoms with E-state index in [-0.39, 0.29) is 0 Å². The largest absolute Gasteiger partial charge is 0.373 e. The van der Waals surface area contributed by atoms with Crippen LogP contribution in [0.2, 0.25) is 4.34 Å². The topological polar surface area (TPSA) is 49.8 Å². The standard InChI is InChI=1S/C14H17ClN4S/c1-8-12(16-2)18-14(9-3-4-9)19-13(8)17-7-10-5-6-11(15)20-10/h5-6,9H,3-4,7H2,1-2H3,(H2,16,17,18,19). The summed E-state index contributed by atoms with van der Waals surface area (Å²) in [7, 11) is 1.90. The molecule has 0 radical (unpaired) electrons.